The molecule has 26 heavy (non-hydrogen) atoms. The van der Waals surface area contributed by atoms with E-state index in [1.54, 1.807) is 4.90 Å². The van der Waals surface area contributed by atoms with Crippen LogP contribution in [-0.4, -0.2) is 42.9 Å². The molecule has 1 aromatic carbocycles. The number of fused-ring (bicyclic) bond motifs is 1. The van der Waals surface area contributed by atoms with E-state index in [0.29, 0.717) is 30.5 Å². The van der Waals surface area contributed by atoms with Crippen molar-refractivity contribution < 1.29 is 23.8 Å². The Balaban J connectivity index is 1.34. The molecule has 0 radical (unpaired) electrons. The second-order valence-corrected chi connectivity index (χ2v) is 7.15. The zero-order valence-corrected chi connectivity index (χ0v) is 14.7. The van der Waals surface area contributed by atoms with E-state index in [-0.39, 0.29) is 25.4 Å². The lowest BCUT2D eigenvalue weighted by Gasteiger charge is -2.28. The van der Waals surface area contributed by atoms with Gasteiger partial charge in [-0.3, -0.25) is 9.69 Å². The van der Waals surface area contributed by atoms with Crippen LogP contribution in [0.5, 0.6) is 11.5 Å². The molecule has 1 saturated carbocycles. The largest absolute Gasteiger partial charge is 0.454 e. The van der Waals surface area contributed by atoms with Crippen molar-refractivity contribution in [3.63, 3.8) is 0 Å². The molecule has 0 spiro atoms. The SMILES string of the molecule is O=C(NCc1ccc2c(c1)OCO2)[C@@H]1COC(=O)N1CC1CCCCC1. The summed E-state index contributed by atoms with van der Waals surface area (Å²) >= 11 is 0. The van der Waals surface area contributed by atoms with E-state index in [4.69, 9.17) is 14.2 Å². The van der Waals surface area contributed by atoms with E-state index in [2.05, 4.69) is 5.32 Å². The molecule has 2 aliphatic heterocycles. The van der Waals surface area contributed by atoms with Gasteiger partial charge in [-0.1, -0.05) is 25.3 Å². The zero-order valence-electron chi connectivity index (χ0n) is 14.7. The first-order valence-electron chi connectivity index (χ1n) is 9.30. The fraction of sp³-hybridized carbons (Fsp3) is 0.579. The molecule has 4 rings (SSSR count). The average molecular weight is 360 g/mol. The number of cyclic esters (lactones) is 1. The summed E-state index contributed by atoms with van der Waals surface area (Å²) in [6, 6.07) is 5.04. The van der Waals surface area contributed by atoms with Gasteiger partial charge in [0.25, 0.3) is 0 Å². The number of ether oxygens (including phenoxy) is 3. The number of carbonyl (C=O) groups excluding carboxylic acids is 2. The molecule has 0 aromatic heterocycles. The van der Waals surface area contributed by atoms with Crippen LogP contribution >= 0.6 is 0 Å². The molecular formula is C19H24N2O5. The third-order valence-electron chi connectivity index (χ3n) is 5.36. The lowest BCUT2D eigenvalue weighted by atomic mass is 9.89. The minimum atomic E-state index is -0.543. The van der Waals surface area contributed by atoms with E-state index in [0.717, 1.165) is 18.4 Å². The van der Waals surface area contributed by atoms with Gasteiger partial charge in [-0.25, -0.2) is 4.79 Å². The maximum Gasteiger partial charge on any atom is 0.410 e. The summed E-state index contributed by atoms with van der Waals surface area (Å²) in [6.07, 6.45) is 5.53. The van der Waals surface area contributed by atoms with Gasteiger partial charge in [-0.2, -0.15) is 0 Å². The molecule has 2 amide bonds. The van der Waals surface area contributed by atoms with Gasteiger partial charge in [0.15, 0.2) is 11.5 Å². The maximum absolute atomic E-state index is 12.6. The number of amides is 2. The normalized spacial score (nSPS) is 22.4. The number of hydrogen-bond donors (Lipinski definition) is 1. The highest BCUT2D eigenvalue weighted by atomic mass is 16.7. The summed E-state index contributed by atoms with van der Waals surface area (Å²) in [5, 5.41) is 2.91. The van der Waals surface area contributed by atoms with Gasteiger partial charge in [0, 0.05) is 13.1 Å². The van der Waals surface area contributed by atoms with Crippen LogP contribution in [0.3, 0.4) is 0 Å². The van der Waals surface area contributed by atoms with E-state index < -0.39 is 6.04 Å². The molecule has 0 unspecified atom stereocenters. The van der Waals surface area contributed by atoms with Crippen LogP contribution < -0.4 is 14.8 Å². The number of hydrogen-bond acceptors (Lipinski definition) is 5. The fourth-order valence-corrected chi connectivity index (χ4v) is 3.88. The first-order valence-corrected chi connectivity index (χ1v) is 9.30. The molecule has 140 valence electrons. The highest BCUT2D eigenvalue weighted by molar-refractivity contribution is 5.87. The molecule has 2 fully saturated rings. The van der Waals surface area contributed by atoms with Crippen LogP contribution in [0.15, 0.2) is 18.2 Å². The van der Waals surface area contributed by atoms with Crippen molar-refractivity contribution in [3.8, 4) is 11.5 Å². The number of benzene rings is 1. The van der Waals surface area contributed by atoms with Crippen LogP contribution in [0.25, 0.3) is 0 Å². The molecule has 1 N–H and O–H groups in total. The quantitative estimate of drug-likeness (QED) is 0.873. The molecule has 1 aliphatic carbocycles. The molecule has 3 aliphatic rings. The summed E-state index contributed by atoms with van der Waals surface area (Å²) in [4.78, 5) is 26.3. The summed E-state index contributed by atoms with van der Waals surface area (Å²) in [5.74, 6) is 1.70. The van der Waals surface area contributed by atoms with Crippen LogP contribution in [0, 0.1) is 5.92 Å². The van der Waals surface area contributed by atoms with Crippen molar-refractivity contribution in [1.82, 2.24) is 10.2 Å². The zero-order chi connectivity index (χ0) is 17.9. The minimum absolute atomic E-state index is 0.124. The molecule has 7 heteroatoms. The minimum Gasteiger partial charge on any atom is -0.454 e. The summed E-state index contributed by atoms with van der Waals surface area (Å²) in [6.45, 7) is 1.33. The van der Waals surface area contributed by atoms with E-state index >= 15 is 0 Å². The monoisotopic (exact) mass is 360 g/mol. The van der Waals surface area contributed by atoms with Crippen molar-refractivity contribution in [3.05, 3.63) is 23.8 Å². The highest BCUT2D eigenvalue weighted by Crippen LogP contribution is 2.32. The predicted molar refractivity (Wildman–Crippen MR) is 92.8 cm³/mol. The number of nitrogens with zero attached hydrogens (tertiary/aromatic N) is 1. The lowest BCUT2D eigenvalue weighted by Crippen LogP contribution is -2.47. The summed E-state index contributed by atoms with van der Waals surface area (Å²) in [7, 11) is 0. The molecule has 0 bridgehead atoms. The Hall–Kier alpha value is -2.44. The van der Waals surface area contributed by atoms with Gasteiger partial charge >= 0.3 is 6.09 Å². The molecule has 2 heterocycles. The maximum atomic E-state index is 12.6. The van der Waals surface area contributed by atoms with Gasteiger partial charge < -0.3 is 19.5 Å². The Morgan fingerprint density at radius 1 is 1.12 bits per heavy atom. The van der Waals surface area contributed by atoms with Gasteiger partial charge in [0.05, 0.1) is 0 Å². The Morgan fingerprint density at radius 3 is 2.77 bits per heavy atom. The summed E-state index contributed by atoms with van der Waals surface area (Å²) < 4.78 is 15.8. The van der Waals surface area contributed by atoms with Crippen LogP contribution in [0.4, 0.5) is 4.79 Å². The number of carbonyl (C=O) groups is 2. The van der Waals surface area contributed by atoms with Gasteiger partial charge in [0.2, 0.25) is 12.7 Å². The Labute approximate surface area is 152 Å². The highest BCUT2D eigenvalue weighted by Gasteiger charge is 2.39. The Morgan fingerprint density at radius 2 is 1.92 bits per heavy atom. The van der Waals surface area contributed by atoms with Crippen LogP contribution in [-0.2, 0) is 16.1 Å². The molecule has 1 aromatic rings. The average Bonchev–Trinajstić information content (AvgIpc) is 3.27. The van der Waals surface area contributed by atoms with Gasteiger partial charge in [-0.15, -0.1) is 0 Å². The van der Waals surface area contributed by atoms with E-state index in [1.807, 2.05) is 18.2 Å². The summed E-state index contributed by atoms with van der Waals surface area (Å²) in [5.41, 5.74) is 0.923. The van der Waals surface area contributed by atoms with Gasteiger partial charge in [-0.05, 0) is 36.5 Å². The predicted octanol–water partition coefficient (Wildman–Crippen LogP) is 2.43. The molecule has 1 atom stereocenters. The van der Waals surface area contributed by atoms with Crippen molar-refractivity contribution in [2.45, 2.75) is 44.7 Å². The topological polar surface area (TPSA) is 77.1 Å². The first-order chi connectivity index (χ1) is 12.7. The van der Waals surface area contributed by atoms with Crippen LogP contribution in [0.1, 0.15) is 37.7 Å². The number of rotatable bonds is 5. The van der Waals surface area contributed by atoms with Crippen molar-refractivity contribution in [2.24, 2.45) is 5.92 Å². The van der Waals surface area contributed by atoms with Crippen molar-refractivity contribution in [1.29, 1.82) is 0 Å². The third-order valence-corrected chi connectivity index (χ3v) is 5.36. The second kappa shape index (κ2) is 7.43. The standard InChI is InChI=1S/C19H24N2O5/c22-18(20-9-14-6-7-16-17(8-14)26-12-25-16)15-11-24-19(23)21(15)10-13-4-2-1-3-5-13/h6-8,13,15H,1-5,9-12H2,(H,20,22)/t15-/m0/s1. The van der Waals surface area contributed by atoms with Crippen LogP contribution in [0.2, 0.25) is 0 Å². The fourth-order valence-electron chi connectivity index (χ4n) is 3.88. The van der Waals surface area contributed by atoms with Gasteiger partial charge in [0.1, 0.15) is 12.6 Å². The molecule has 7 nitrogen and oxygen atoms in total. The Kier molecular flexibility index (Phi) is 4.86. The first kappa shape index (κ1) is 17.0. The lowest BCUT2D eigenvalue weighted by molar-refractivity contribution is -0.125. The van der Waals surface area contributed by atoms with E-state index in [1.165, 1.54) is 19.3 Å². The van der Waals surface area contributed by atoms with E-state index in [9.17, 15) is 9.59 Å². The molecule has 1 saturated heterocycles. The number of nitrogens with one attached hydrogen (secondary N) is 1. The third kappa shape index (κ3) is 3.57. The second-order valence-electron chi connectivity index (χ2n) is 7.15. The molecular weight excluding hydrogens is 336 g/mol. The van der Waals surface area contributed by atoms with Crippen molar-refractivity contribution in [2.75, 3.05) is 19.9 Å². The smallest absolute Gasteiger partial charge is 0.410 e. The Bertz CT molecular complexity index is 687. The van der Waals surface area contributed by atoms with Crippen molar-refractivity contribution >= 4 is 12.0 Å².